The molecule has 0 radical (unpaired) electrons. The summed E-state index contributed by atoms with van der Waals surface area (Å²) in [6, 6.07) is 19.5. The smallest absolute Gasteiger partial charge is 0.163 e. The molecule has 1 fully saturated rings. The van der Waals surface area contributed by atoms with Crippen LogP contribution in [0.15, 0.2) is 72.8 Å². The second-order valence-corrected chi connectivity index (χ2v) is 10.9. The second-order valence-electron chi connectivity index (χ2n) is 8.54. The lowest BCUT2D eigenvalue weighted by Crippen LogP contribution is -2.53. The van der Waals surface area contributed by atoms with Crippen molar-refractivity contribution < 1.29 is 22.3 Å². The maximum atomic E-state index is 15.1. The lowest BCUT2D eigenvalue weighted by Gasteiger charge is -2.35. The molecular weight excluding hydrogens is 444 g/mol. The van der Waals surface area contributed by atoms with E-state index in [2.05, 4.69) is 5.32 Å². The number of rotatable bonds is 6. The van der Waals surface area contributed by atoms with Crippen molar-refractivity contribution in [1.29, 1.82) is 0 Å². The van der Waals surface area contributed by atoms with Crippen LogP contribution in [0.25, 0.3) is 0 Å². The predicted molar refractivity (Wildman–Crippen MR) is 125 cm³/mol. The van der Waals surface area contributed by atoms with Crippen LogP contribution in [-0.4, -0.2) is 38.0 Å². The summed E-state index contributed by atoms with van der Waals surface area (Å²) in [6.45, 7) is 1.65. The minimum atomic E-state index is -3.66. The Bertz CT molecular complexity index is 1200. The molecule has 33 heavy (non-hydrogen) atoms. The zero-order chi connectivity index (χ0) is 23.6. The molecule has 1 saturated heterocycles. The average molecular weight is 472 g/mol. The van der Waals surface area contributed by atoms with Crippen molar-refractivity contribution in [2.45, 2.75) is 35.8 Å². The third-order valence-electron chi connectivity index (χ3n) is 6.52. The summed E-state index contributed by atoms with van der Waals surface area (Å²) < 4.78 is 57.1. The number of benzene rings is 3. The Balaban J connectivity index is 1.65. The third kappa shape index (κ3) is 4.71. The Labute approximate surface area is 193 Å². The van der Waals surface area contributed by atoms with E-state index in [1.165, 1.54) is 0 Å². The van der Waals surface area contributed by atoms with Gasteiger partial charge in [-0.1, -0.05) is 60.7 Å². The van der Waals surface area contributed by atoms with Crippen molar-refractivity contribution in [3.8, 4) is 0 Å². The molecule has 3 aromatic rings. The van der Waals surface area contributed by atoms with Gasteiger partial charge in [0.25, 0.3) is 0 Å². The summed E-state index contributed by atoms with van der Waals surface area (Å²) in [7, 11) is -3.66. The molecule has 7 heteroatoms. The van der Waals surface area contributed by atoms with E-state index >= 15 is 8.78 Å². The molecule has 0 bridgehead atoms. The third-order valence-corrected chi connectivity index (χ3v) is 9.17. The Morgan fingerprint density at radius 1 is 1.00 bits per heavy atom. The van der Waals surface area contributed by atoms with Gasteiger partial charge in [-0.05, 0) is 42.2 Å². The van der Waals surface area contributed by atoms with E-state index in [0.717, 1.165) is 12.1 Å². The summed E-state index contributed by atoms with van der Waals surface area (Å²) in [4.78, 5) is 0. The van der Waals surface area contributed by atoms with E-state index in [9.17, 15) is 13.5 Å². The fourth-order valence-corrected chi connectivity index (χ4v) is 6.98. The van der Waals surface area contributed by atoms with Gasteiger partial charge < -0.3 is 10.4 Å². The largest absolute Gasteiger partial charge is 0.395 e. The Morgan fingerprint density at radius 3 is 2.27 bits per heavy atom. The molecular formula is C26H27F2NO3S. The number of hydrogen-bond acceptors (Lipinski definition) is 4. The SMILES string of the molecule is C[C@@H]1NC[C@@H](c2ccccc2)S(=O)(=O)C1Cc1cc(F)c(C(CO)c2ccccc2)cc1F. The number of hydrogen-bond donors (Lipinski definition) is 2. The highest BCUT2D eigenvalue weighted by Crippen LogP contribution is 2.34. The van der Waals surface area contributed by atoms with E-state index < -0.39 is 43.9 Å². The topological polar surface area (TPSA) is 66.4 Å². The molecule has 0 aliphatic carbocycles. The van der Waals surface area contributed by atoms with Crippen LogP contribution in [0.1, 0.15) is 40.3 Å². The molecule has 1 heterocycles. The van der Waals surface area contributed by atoms with Gasteiger partial charge in [-0.3, -0.25) is 0 Å². The molecule has 0 saturated carbocycles. The normalized spacial score (nSPS) is 23.2. The molecule has 2 N–H and O–H groups in total. The van der Waals surface area contributed by atoms with Crippen LogP contribution in [0.3, 0.4) is 0 Å². The fraction of sp³-hybridized carbons (Fsp3) is 0.308. The zero-order valence-electron chi connectivity index (χ0n) is 18.3. The first kappa shape index (κ1) is 23.5. The van der Waals surface area contributed by atoms with Gasteiger partial charge in [0.15, 0.2) is 9.84 Å². The maximum absolute atomic E-state index is 15.1. The number of aliphatic hydroxyl groups is 1. The van der Waals surface area contributed by atoms with E-state index in [1.807, 2.05) is 6.07 Å². The Kier molecular flexibility index (Phi) is 6.93. The second kappa shape index (κ2) is 9.71. The summed E-state index contributed by atoms with van der Waals surface area (Å²) in [5.74, 6) is -2.05. The van der Waals surface area contributed by atoms with E-state index in [1.54, 1.807) is 61.5 Å². The molecule has 0 aromatic heterocycles. The molecule has 4 nitrogen and oxygen atoms in total. The van der Waals surface area contributed by atoms with Gasteiger partial charge in [0, 0.05) is 24.1 Å². The van der Waals surface area contributed by atoms with Crippen molar-refractivity contribution >= 4 is 9.84 Å². The molecule has 3 aromatic carbocycles. The first-order valence-electron chi connectivity index (χ1n) is 11.0. The summed E-state index contributed by atoms with van der Waals surface area (Å²) in [5.41, 5.74) is 1.41. The van der Waals surface area contributed by atoms with Crippen molar-refractivity contribution in [2.75, 3.05) is 13.2 Å². The Hall–Kier alpha value is -2.61. The van der Waals surface area contributed by atoms with Gasteiger partial charge in [-0.25, -0.2) is 17.2 Å². The first-order chi connectivity index (χ1) is 15.8. The van der Waals surface area contributed by atoms with Crippen molar-refractivity contribution in [3.63, 3.8) is 0 Å². The number of halogens is 2. The quantitative estimate of drug-likeness (QED) is 0.567. The van der Waals surface area contributed by atoms with Gasteiger partial charge in [-0.15, -0.1) is 0 Å². The number of aliphatic hydroxyl groups excluding tert-OH is 1. The average Bonchev–Trinajstić information content (AvgIpc) is 2.81. The minimum Gasteiger partial charge on any atom is -0.395 e. The van der Waals surface area contributed by atoms with Crippen LogP contribution in [0.5, 0.6) is 0 Å². The van der Waals surface area contributed by atoms with Crippen molar-refractivity contribution in [1.82, 2.24) is 5.32 Å². The predicted octanol–water partition coefficient (Wildman–Crippen LogP) is 4.15. The fourth-order valence-electron chi connectivity index (χ4n) is 4.62. The van der Waals surface area contributed by atoms with Gasteiger partial charge in [-0.2, -0.15) is 0 Å². The molecule has 2 unspecified atom stereocenters. The lowest BCUT2D eigenvalue weighted by molar-refractivity contribution is 0.278. The summed E-state index contributed by atoms with van der Waals surface area (Å²) >= 11 is 0. The van der Waals surface area contributed by atoms with Gasteiger partial charge >= 0.3 is 0 Å². The van der Waals surface area contributed by atoms with E-state index in [-0.39, 0.29) is 30.7 Å². The van der Waals surface area contributed by atoms with Crippen LogP contribution in [0.2, 0.25) is 0 Å². The van der Waals surface area contributed by atoms with E-state index in [4.69, 9.17) is 0 Å². The molecule has 0 spiro atoms. The van der Waals surface area contributed by atoms with E-state index in [0.29, 0.717) is 11.1 Å². The van der Waals surface area contributed by atoms with Crippen LogP contribution in [-0.2, 0) is 16.3 Å². The van der Waals surface area contributed by atoms with Crippen LogP contribution >= 0.6 is 0 Å². The van der Waals surface area contributed by atoms with Crippen molar-refractivity contribution in [2.24, 2.45) is 0 Å². The maximum Gasteiger partial charge on any atom is 0.163 e. The minimum absolute atomic E-state index is 0.0111. The monoisotopic (exact) mass is 471 g/mol. The van der Waals surface area contributed by atoms with Gasteiger partial charge in [0.1, 0.15) is 11.6 Å². The number of sulfone groups is 1. The van der Waals surface area contributed by atoms with Gasteiger partial charge in [0.05, 0.1) is 17.1 Å². The van der Waals surface area contributed by atoms with Crippen LogP contribution < -0.4 is 5.32 Å². The standard InChI is InChI=1S/C26H27F2NO3S/c1-17-25(33(31,32)26(15-29-17)19-10-6-3-7-11-19)13-20-12-24(28)21(14-23(20)27)22(16-30)18-8-4-2-5-9-18/h2-12,14,17,22,25-26,29-30H,13,15-16H2,1H3/t17-,22?,25?,26-/m0/s1. The molecule has 1 aliphatic heterocycles. The highest BCUT2D eigenvalue weighted by molar-refractivity contribution is 7.92. The summed E-state index contributed by atoms with van der Waals surface area (Å²) in [5, 5.41) is 11.4. The molecule has 4 rings (SSSR count). The molecule has 4 atom stereocenters. The highest BCUT2D eigenvalue weighted by atomic mass is 32.2. The van der Waals surface area contributed by atoms with Crippen LogP contribution in [0.4, 0.5) is 8.78 Å². The molecule has 0 amide bonds. The molecule has 1 aliphatic rings. The lowest BCUT2D eigenvalue weighted by atomic mass is 9.90. The summed E-state index contributed by atoms with van der Waals surface area (Å²) in [6.07, 6.45) is -0.141. The highest BCUT2D eigenvalue weighted by Gasteiger charge is 2.42. The van der Waals surface area contributed by atoms with Gasteiger partial charge in [0.2, 0.25) is 0 Å². The van der Waals surface area contributed by atoms with Crippen LogP contribution in [0, 0.1) is 11.6 Å². The zero-order valence-corrected chi connectivity index (χ0v) is 19.1. The molecule has 174 valence electrons. The number of nitrogens with one attached hydrogen (secondary N) is 1. The van der Waals surface area contributed by atoms with Crippen molar-refractivity contribution in [3.05, 3.63) is 107 Å². The first-order valence-corrected chi connectivity index (χ1v) is 12.6. The Morgan fingerprint density at radius 2 is 1.64 bits per heavy atom.